The molecule has 2 amide bonds. The lowest BCUT2D eigenvalue weighted by Crippen LogP contribution is -2.48. The van der Waals surface area contributed by atoms with E-state index in [2.05, 4.69) is 15.6 Å². The van der Waals surface area contributed by atoms with Gasteiger partial charge in [0, 0.05) is 11.1 Å². The second kappa shape index (κ2) is 6.64. The van der Waals surface area contributed by atoms with Crippen LogP contribution in [0.5, 0.6) is 0 Å². The number of carbonyl (C=O) groups is 2. The molecule has 0 radical (unpaired) electrons. The lowest BCUT2D eigenvalue weighted by Gasteiger charge is -2.14. The number of hydrogen-bond acceptors (Lipinski definition) is 4. The van der Waals surface area contributed by atoms with Crippen molar-refractivity contribution in [3.8, 4) is 0 Å². The SMILES string of the molecule is CC(N)C(=O)NC1N=C(c2ccccc2)c2ccccc2NC1=O. The van der Waals surface area contributed by atoms with E-state index in [0.29, 0.717) is 11.4 Å². The first-order valence-electron chi connectivity index (χ1n) is 7.65. The Morgan fingerprint density at radius 3 is 2.54 bits per heavy atom. The summed E-state index contributed by atoms with van der Waals surface area (Å²) in [6.07, 6.45) is -1.04. The molecule has 24 heavy (non-hydrogen) atoms. The van der Waals surface area contributed by atoms with E-state index < -0.39 is 24.0 Å². The molecule has 0 aromatic heterocycles. The fraction of sp³-hybridized carbons (Fsp3) is 0.167. The smallest absolute Gasteiger partial charge is 0.269 e. The molecule has 1 heterocycles. The molecule has 0 spiro atoms. The standard InChI is InChI=1S/C18H18N4O2/c1-11(19)17(23)22-16-18(24)20-14-10-6-5-9-13(14)15(21-16)12-7-3-2-4-8-12/h2-11,16H,19H2,1H3,(H,20,24)(H,22,23). The third-order valence-electron chi connectivity index (χ3n) is 3.69. The summed E-state index contributed by atoms with van der Waals surface area (Å²) in [5, 5.41) is 5.39. The minimum atomic E-state index is -1.04. The number of fused-ring (bicyclic) bond motifs is 1. The summed E-state index contributed by atoms with van der Waals surface area (Å²) in [6.45, 7) is 1.56. The predicted octanol–water partition coefficient (Wildman–Crippen LogP) is 1.27. The highest BCUT2D eigenvalue weighted by Crippen LogP contribution is 2.23. The number of nitrogens with two attached hydrogens (primary N) is 1. The van der Waals surface area contributed by atoms with Gasteiger partial charge in [-0.05, 0) is 13.0 Å². The van der Waals surface area contributed by atoms with E-state index in [1.54, 1.807) is 13.0 Å². The Balaban J connectivity index is 2.08. The molecule has 0 saturated carbocycles. The van der Waals surface area contributed by atoms with Crippen LogP contribution in [-0.2, 0) is 9.59 Å². The Hall–Kier alpha value is -2.99. The van der Waals surface area contributed by atoms with Gasteiger partial charge in [0.05, 0.1) is 17.4 Å². The topological polar surface area (TPSA) is 96.6 Å². The summed E-state index contributed by atoms with van der Waals surface area (Å²) in [5.41, 5.74) is 8.53. The van der Waals surface area contributed by atoms with Crippen LogP contribution in [0.4, 0.5) is 5.69 Å². The molecule has 122 valence electrons. The number of nitrogens with zero attached hydrogens (tertiary/aromatic N) is 1. The second-order valence-electron chi connectivity index (χ2n) is 5.58. The van der Waals surface area contributed by atoms with Crippen LogP contribution < -0.4 is 16.4 Å². The maximum absolute atomic E-state index is 12.4. The summed E-state index contributed by atoms with van der Waals surface area (Å²) < 4.78 is 0. The Morgan fingerprint density at radius 1 is 1.17 bits per heavy atom. The first-order valence-corrected chi connectivity index (χ1v) is 7.65. The fourth-order valence-electron chi connectivity index (χ4n) is 2.45. The normalized spacial score (nSPS) is 17.8. The summed E-state index contributed by atoms with van der Waals surface area (Å²) in [7, 11) is 0. The molecular weight excluding hydrogens is 304 g/mol. The van der Waals surface area contributed by atoms with Gasteiger partial charge in [-0.1, -0.05) is 48.5 Å². The average Bonchev–Trinajstić information content (AvgIpc) is 2.72. The number of carbonyl (C=O) groups excluding carboxylic acids is 2. The minimum absolute atomic E-state index is 0.401. The zero-order valence-electron chi connectivity index (χ0n) is 13.2. The van der Waals surface area contributed by atoms with Crippen LogP contribution in [-0.4, -0.2) is 29.7 Å². The van der Waals surface area contributed by atoms with E-state index in [1.165, 1.54) is 0 Å². The van der Waals surface area contributed by atoms with E-state index in [1.807, 2.05) is 48.5 Å². The van der Waals surface area contributed by atoms with Crippen LogP contribution in [0.3, 0.4) is 0 Å². The van der Waals surface area contributed by atoms with E-state index >= 15 is 0 Å². The van der Waals surface area contributed by atoms with Gasteiger partial charge >= 0.3 is 0 Å². The van der Waals surface area contributed by atoms with Crippen LogP contribution in [0.25, 0.3) is 0 Å². The number of hydrogen-bond donors (Lipinski definition) is 3. The lowest BCUT2D eigenvalue weighted by atomic mass is 10.0. The van der Waals surface area contributed by atoms with Crippen LogP contribution in [0.1, 0.15) is 18.1 Å². The number of anilines is 1. The van der Waals surface area contributed by atoms with Gasteiger partial charge < -0.3 is 16.4 Å². The zero-order valence-corrected chi connectivity index (χ0v) is 13.2. The van der Waals surface area contributed by atoms with Crippen molar-refractivity contribution < 1.29 is 9.59 Å². The molecule has 6 heteroatoms. The van der Waals surface area contributed by atoms with Crippen LogP contribution in [0.2, 0.25) is 0 Å². The summed E-state index contributed by atoms with van der Waals surface area (Å²) >= 11 is 0. The highest BCUT2D eigenvalue weighted by atomic mass is 16.2. The highest BCUT2D eigenvalue weighted by molar-refractivity contribution is 6.19. The number of para-hydroxylation sites is 1. The summed E-state index contributed by atoms with van der Waals surface area (Å²) in [4.78, 5) is 28.8. The molecule has 2 unspecified atom stereocenters. The summed E-state index contributed by atoms with van der Waals surface area (Å²) in [6, 6.07) is 16.2. The molecule has 2 aromatic rings. The zero-order chi connectivity index (χ0) is 17.1. The van der Waals surface area contributed by atoms with Crippen molar-refractivity contribution in [1.29, 1.82) is 0 Å². The molecule has 0 aliphatic carbocycles. The average molecular weight is 322 g/mol. The van der Waals surface area contributed by atoms with E-state index in [4.69, 9.17) is 5.73 Å². The molecule has 3 rings (SSSR count). The first kappa shape index (κ1) is 15.9. The molecule has 0 fully saturated rings. The number of benzodiazepines with no additional fused rings is 1. The summed E-state index contributed by atoms with van der Waals surface area (Å²) in [5.74, 6) is -0.834. The van der Waals surface area contributed by atoms with Gasteiger partial charge in [-0.3, -0.25) is 9.59 Å². The van der Waals surface area contributed by atoms with Gasteiger partial charge in [0.15, 0.2) is 0 Å². The number of amides is 2. The van der Waals surface area contributed by atoms with Gasteiger partial charge in [-0.2, -0.15) is 0 Å². The number of nitrogens with one attached hydrogen (secondary N) is 2. The third kappa shape index (κ3) is 3.18. The van der Waals surface area contributed by atoms with Gasteiger partial charge in [0.25, 0.3) is 5.91 Å². The molecule has 0 bridgehead atoms. The quantitative estimate of drug-likeness (QED) is 0.794. The van der Waals surface area contributed by atoms with Crippen LogP contribution in [0.15, 0.2) is 59.6 Å². The van der Waals surface area contributed by atoms with Crippen molar-refractivity contribution in [2.75, 3.05) is 5.32 Å². The molecule has 4 N–H and O–H groups in total. The minimum Gasteiger partial charge on any atom is -0.325 e. The maximum Gasteiger partial charge on any atom is 0.269 e. The Bertz CT molecular complexity index is 800. The molecular formula is C18H18N4O2. The number of benzene rings is 2. The number of rotatable bonds is 3. The monoisotopic (exact) mass is 322 g/mol. The van der Waals surface area contributed by atoms with Crippen molar-refractivity contribution in [3.63, 3.8) is 0 Å². The Kier molecular flexibility index (Phi) is 4.39. The van der Waals surface area contributed by atoms with E-state index in [-0.39, 0.29) is 0 Å². The van der Waals surface area contributed by atoms with Crippen molar-refractivity contribution >= 4 is 23.2 Å². The van der Waals surface area contributed by atoms with Gasteiger partial charge in [0.1, 0.15) is 0 Å². The van der Waals surface area contributed by atoms with Crippen molar-refractivity contribution in [1.82, 2.24) is 5.32 Å². The molecule has 2 aromatic carbocycles. The molecule has 0 saturated heterocycles. The number of aliphatic imine (C=N–C) groups is 1. The first-order chi connectivity index (χ1) is 11.6. The van der Waals surface area contributed by atoms with Gasteiger partial charge in [0.2, 0.25) is 12.1 Å². The molecule has 2 atom stereocenters. The third-order valence-corrected chi connectivity index (χ3v) is 3.69. The molecule has 1 aliphatic rings. The van der Waals surface area contributed by atoms with E-state index in [9.17, 15) is 9.59 Å². The molecule has 6 nitrogen and oxygen atoms in total. The van der Waals surface area contributed by atoms with Crippen molar-refractivity contribution in [2.45, 2.75) is 19.1 Å². The molecule has 1 aliphatic heterocycles. The highest BCUT2D eigenvalue weighted by Gasteiger charge is 2.27. The fourth-order valence-corrected chi connectivity index (χ4v) is 2.45. The second-order valence-corrected chi connectivity index (χ2v) is 5.58. The van der Waals surface area contributed by atoms with Crippen molar-refractivity contribution in [2.24, 2.45) is 10.7 Å². The Morgan fingerprint density at radius 2 is 1.83 bits per heavy atom. The lowest BCUT2D eigenvalue weighted by molar-refractivity contribution is -0.126. The van der Waals surface area contributed by atoms with Crippen LogP contribution in [0, 0.1) is 0 Å². The van der Waals surface area contributed by atoms with Crippen LogP contribution >= 0.6 is 0 Å². The Labute approximate surface area is 139 Å². The van der Waals surface area contributed by atoms with Gasteiger partial charge in [-0.15, -0.1) is 0 Å². The maximum atomic E-state index is 12.4. The van der Waals surface area contributed by atoms with Gasteiger partial charge in [-0.25, -0.2) is 4.99 Å². The largest absolute Gasteiger partial charge is 0.325 e. The van der Waals surface area contributed by atoms with Crippen molar-refractivity contribution in [3.05, 3.63) is 65.7 Å². The predicted molar refractivity (Wildman–Crippen MR) is 92.7 cm³/mol. The van der Waals surface area contributed by atoms with E-state index in [0.717, 1.165) is 11.1 Å².